The first kappa shape index (κ1) is 18.5. The van der Waals surface area contributed by atoms with Crippen molar-refractivity contribution in [3.63, 3.8) is 0 Å². The summed E-state index contributed by atoms with van der Waals surface area (Å²) in [6.45, 7) is 0. The van der Waals surface area contributed by atoms with E-state index in [9.17, 15) is 14.4 Å². The smallest absolute Gasteiger partial charge is 0.328 e. The number of fused-ring (bicyclic) bond motifs is 2. The van der Waals surface area contributed by atoms with E-state index in [0.717, 1.165) is 22.0 Å². The van der Waals surface area contributed by atoms with Gasteiger partial charge >= 0.3 is 5.97 Å². The largest absolute Gasteiger partial charge is 0.467 e. The fourth-order valence-corrected chi connectivity index (χ4v) is 3.46. The molecule has 1 atom stereocenters. The van der Waals surface area contributed by atoms with Crippen molar-refractivity contribution in [2.45, 2.75) is 12.5 Å². The van der Waals surface area contributed by atoms with E-state index in [1.54, 1.807) is 18.3 Å². The minimum absolute atomic E-state index is 0.198. The van der Waals surface area contributed by atoms with Gasteiger partial charge in [-0.3, -0.25) is 9.59 Å². The molecule has 1 amide bonds. The number of amides is 1. The van der Waals surface area contributed by atoms with Gasteiger partial charge in [0, 0.05) is 40.6 Å². The number of methoxy groups -OCH3 is 1. The highest BCUT2D eigenvalue weighted by molar-refractivity contribution is 6.45. The Kier molecular flexibility index (Phi) is 4.87. The van der Waals surface area contributed by atoms with Gasteiger partial charge < -0.3 is 20.0 Å². The maximum atomic E-state index is 12.7. The zero-order valence-corrected chi connectivity index (χ0v) is 15.7. The average Bonchev–Trinajstić information content (AvgIpc) is 3.36. The second-order valence-corrected chi connectivity index (χ2v) is 6.69. The van der Waals surface area contributed by atoms with Crippen LogP contribution in [0.1, 0.15) is 15.9 Å². The quantitative estimate of drug-likeness (QED) is 0.268. The van der Waals surface area contributed by atoms with Crippen LogP contribution in [0.2, 0.25) is 0 Å². The lowest BCUT2D eigenvalue weighted by atomic mass is 10.0. The summed E-state index contributed by atoms with van der Waals surface area (Å²) < 4.78 is 4.83. The van der Waals surface area contributed by atoms with Crippen LogP contribution in [-0.4, -0.2) is 40.8 Å². The summed E-state index contributed by atoms with van der Waals surface area (Å²) in [5, 5.41) is 4.13. The molecule has 2 heterocycles. The van der Waals surface area contributed by atoms with Gasteiger partial charge in [-0.05, 0) is 17.7 Å². The van der Waals surface area contributed by atoms with E-state index in [2.05, 4.69) is 15.3 Å². The molecule has 2 aromatic carbocycles. The number of ether oxygens (including phenoxy) is 1. The van der Waals surface area contributed by atoms with Crippen LogP contribution in [0.15, 0.2) is 60.9 Å². The Morgan fingerprint density at radius 3 is 2.28 bits per heavy atom. The van der Waals surface area contributed by atoms with Gasteiger partial charge in [0.1, 0.15) is 6.04 Å². The van der Waals surface area contributed by atoms with E-state index >= 15 is 0 Å². The molecule has 0 aliphatic heterocycles. The molecule has 0 bridgehead atoms. The highest BCUT2D eigenvalue weighted by Crippen LogP contribution is 2.20. The van der Waals surface area contributed by atoms with Crippen LogP contribution in [0, 0.1) is 0 Å². The number of nitrogens with one attached hydrogen (secondary N) is 3. The van der Waals surface area contributed by atoms with Gasteiger partial charge in [0.25, 0.3) is 11.7 Å². The third kappa shape index (κ3) is 3.50. The zero-order chi connectivity index (χ0) is 20.4. The van der Waals surface area contributed by atoms with Gasteiger partial charge in [0.15, 0.2) is 0 Å². The molecule has 0 radical (unpaired) electrons. The Morgan fingerprint density at radius 2 is 1.55 bits per heavy atom. The summed E-state index contributed by atoms with van der Waals surface area (Å²) in [6, 6.07) is 13.9. The number of carbonyl (C=O) groups excluding carboxylic acids is 3. The first-order chi connectivity index (χ1) is 14.1. The number of H-pyrrole nitrogens is 2. The minimum Gasteiger partial charge on any atom is -0.467 e. The number of Topliss-reactive ketones (excluding diaryl/α,β-unsaturated/α-hetero) is 1. The second kappa shape index (κ2) is 7.63. The number of aromatic amines is 2. The van der Waals surface area contributed by atoms with Gasteiger partial charge in [-0.1, -0.05) is 36.4 Å². The molecule has 7 heteroatoms. The first-order valence-electron chi connectivity index (χ1n) is 9.12. The zero-order valence-electron chi connectivity index (χ0n) is 15.7. The van der Waals surface area contributed by atoms with Crippen molar-refractivity contribution >= 4 is 39.5 Å². The number of ketones is 1. The topological polar surface area (TPSA) is 104 Å². The Hall–Kier alpha value is -3.87. The summed E-state index contributed by atoms with van der Waals surface area (Å²) in [5.74, 6) is -2.18. The molecule has 7 nitrogen and oxygen atoms in total. The van der Waals surface area contributed by atoms with Crippen molar-refractivity contribution < 1.29 is 19.1 Å². The lowest BCUT2D eigenvalue weighted by Gasteiger charge is -2.15. The van der Waals surface area contributed by atoms with Crippen LogP contribution in [0.25, 0.3) is 21.8 Å². The Labute approximate surface area is 166 Å². The Bertz CT molecular complexity index is 1220. The van der Waals surface area contributed by atoms with Gasteiger partial charge in [-0.15, -0.1) is 0 Å². The van der Waals surface area contributed by atoms with Crippen LogP contribution in [-0.2, 0) is 20.7 Å². The summed E-state index contributed by atoms with van der Waals surface area (Å²) in [4.78, 5) is 43.7. The van der Waals surface area contributed by atoms with E-state index < -0.39 is 23.7 Å². The fourth-order valence-electron chi connectivity index (χ4n) is 3.46. The normalized spacial score (nSPS) is 12.0. The molecule has 29 heavy (non-hydrogen) atoms. The molecule has 3 N–H and O–H groups in total. The summed E-state index contributed by atoms with van der Waals surface area (Å²) in [6.07, 6.45) is 3.48. The van der Waals surface area contributed by atoms with Crippen molar-refractivity contribution in [2.24, 2.45) is 0 Å². The van der Waals surface area contributed by atoms with Crippen molar-refractivity contribution in [1.82, 2.24) is 15.3 Å². The lowest BCUT2D eigenvalue weighted by Crippen LogP contribution is -2.45. The second-order valence-electron chi connectivity index (χ2n) is 6.69. The van der Waals surface area contributed by atoms with E-state index in [1.807, 2.05) is 36.4 Å². The molecule has 2 aromatic heterocycles. The molecule has 0 aliphatic carbocycles. The molecule has 4 aromatic rings. The maximum Gasteiger partial charge on any atom is 0.328 e. The number of aromatic nitrogens is 2. The van der Waals surface area contributed by atoms with Crippen molar-refractivity contribution in [2.75, 3.05) is 7.11 Å². The van der Waals surface area contributed by atoms with E-state index in [0.29, 0.717) is 5.39 Å². The maximum absolute atomic E-state index is 12.7. The van der Waals surface area contributed by atoms with Crippen molar-refractivity contribution in [3.05, 3.63) is 72.1 Å². The highest BCUT2D eigenvalue weighted by Gasteiger charge is 2.27. The van der Waals surface area contributed by atoms with Crippen LogP contribution < -0.4 is 5.32 Å². The number of para-hydroxylation sites is 2. The number of benzene rings is 2. The fraction of sp³-hybridized carbons (Fsp3) is 0.136. The standard InChI is InChI=1S/C22H19N3O4/c1-29-22(28)19(10-13-11-23-17-8-4-2-6-14(13)17)25-21(27)20(26)16-12-24-18-9-5-3-7-15(16)18/h2-9,11-12,19,23-24H,10H2,1H3,(H,25,27)/t19-/m0/s1. The predicted molar refractivity (Wildman–Crippen MR) is 109 cm³/mol. The molecule has 0 aliphatic rings. The Morgan fingerprint density at radius 1 is 0.931 bits per heavy atom. The summed E-state index contributed by atoms with van der Waals surface area (Å²) >= 11 is 0. The monoisotopic (exact) mass is 389 g/mol. The predicted octanol–water partition coefficient (Wildman–Crippen LogP) is 2.73. The number of esters is 1. The molecule has 4 rings (SSSR count). The summed E-state index contributed by atoms with van der Waals surface area (Å²) in [7, 11) is 1.25. The van der Waals surface area contributed by atoms with Crippen LogP contribution in [0.5, 0.6) is 0 Å². The minimum atomic E-state index is -0.985. The number of carbonyl (C=O) groups is 3. The van der Waals surface area contributed by atoms with Gasteiger partial charge in [-0.25, -0.2) is 4.79 Å². The molecule has 0 unspecified atom stereocenters. The summed E-state index contributed by atoms with van der Waals surface area (Å²) in [5.41, 5.74) is 2.78. The van der Waals surface area contributed by atoms with Crippen LogP contribution in [0.3, 0.4) is 0 Å². The third-order valence-corrected chi connectivity index (χ3v) is 4.93. The van der Waals surface area contributed by atoms with Crippen molar-refractivity contribution in [1.29, 1.82) is 0 Å². The molecule has 0 saturated carbocycles. The third-order valence-electron chi connectivity index (χ3n) is 4.93. The molecular weight excluding hydrogens is 370 g/mol. The average molecular weight is 389 g/mol. The number of hydrogen-bond acceptors (Lipinski definition) is 4. The molecule has 146 valence electrons. The molecule has 0 fully saturated rings. The van der Waals surface area contributed by atoms with Crippen molar-refractivity contribution in [3.8, 4) is 0 Å². The lowest BCUT2D eigenvalue weighted by molar-refractivity contribution is -0.144. The van der Waals surface area contributed by atoms with E-state index in [-0.39, 0.29) is 12.0 Å². The van der Waals surface area contributed by atoms with E-state index in [1.165, 1.54) is 13.3 Å². The van der Waals surface area contributed by atoms with Gasteiger partial charge in [0.2, 0.25) is 0 Å². The van der Waals surface area contributed by atoms with Gasteiger partial charge in [-0.2, -0.15) is 0 Å². The van der Waals surface area contributed by atoms with Gasteiger partial charge in [0.05, 0.1) is 12.7 Å². The number of rotatable bonds is 6. The highest BCUT2D eigenvalue weighted by atomic mass is 16.5. The van der Waals surface area contributed by atoms with E-state index in [4.69, 9.17) is 4.74 Å². The molecular formula is C22H19N3O4. The SMILES string of the molecule is COC(=O)[C@H](Cc1c[nH]c2ccccc12)NC(=O)C(=O)c1c[nH]c2ccccc12. The number of hydrogen-bond donors (Lipinski definition) is 3. The Balaban J connectivity index is 1.57. The van der Waals surface area contributed by atoms with Crippen LogP contribution >= 0.6 is 0 Å². The molecule has 0 saturated heterocycles. The van der Waals surface area contributed by atoms with Crippen LogP contribution in [0.4, 0.5) is 0 Å². The molecule has 0 spiro atoms. The first-order valence-corrected chi connectivity index (χ1v) is 9.12.